The van der Waals surface area contributed by atoms with E-state index in [9.17, 15) is 14.4 Å². The Hall–Kier alpha value is -4.59. The van der Waals surface area contributed by atoms with Crippen molar-refractivity contribution < 1.29 is 19.1 Å². The lowest BCUT2D eigenvalue weighted by Crippen LogP contribution is -2.33. The highest BCUT2D eigenvalue weighted by Gasteiger charge is 2.37. The first-order valence-electron chi connectivity index (χ1n) is 12.3. The van der Waals surface area contributed by atoms with E-state index >= 15 is 0 Å². The lowest BCUT2D eigenvalue weighted by atomic mass is 10.1. The molecule has 0 unspecified atom stereocenters. The zero-order chi connectivity index (χ0) is 28.1. The van der Waals surface area contributed by atoms with Crippen LogP contribution in [-0.4, -0.2) is 22.6 Å². The van der Waals surface area contributed by atoms with Crippen LogP contribution in [0.4, 0.5) is 5.69 Å². The second-order valence-electron chi connectivity index (χ2n) is 8.96. The summed E-state index contributed by atoms with van der Waals surface area (Å²) in [6.07, 6.45) is 0. The van der Waals surface area contributed by atoms with Gasteiger partial charge in [-0.2, -0.15) is 0 Å². The van der Waals surface area contributed by atoms with Gasteiger partial charge in [-0.25, -0.2) is 0 Å². The van der Waals surface area contributed by atoms with Crippen LogP contribution in [0.15, 0.2) is 114 Å². The number of para-hydroxylation sites is 1. The molecular formula is C31H23Cl2N3O4. The molecule has 40 heavy (non-hydrogen) atoms. The maximum Gasteiger partial charge on any atom is 0.278 e. The van der Waals surface area contributed by atoms with Gasteiger partial charge in [0.1, 0.15) is 22.2 Å². The lowest BCUT2D eigenvalue weighted by molar-refractivity contribution is -0.138. The molecule has 0 fully saturated rings. The van der Waals surface area contributed by atoms with E-state index in [1.807, 2.05) is 30.3 Å². The molecule has 1 heterocycles. The van der Waals surface area contributed by atoms with Crippen LogP contribution in [0.5, 0.6) is 11.5 Å². The molecule has 7 nitrogen and oxygen atoms in total. The number of nitrogens with one attached hydrogen (secondary N) is 2. The lowest BCUT2D eigenvalue weighted by Gasteiger charge is -2.15. The van der Waals surface area contributed by atoms with Crippen LogP contribution in [-0.2, 0) is 22.7 Å². The van der Waals surface area contributed by atoms with E-state index in [2.05, 4.69) is 10.6 Å². The van der Waals surface area contributed by atoms with Crippen LogP contribution in [0, 0.1) is 0 Å². The SMILES string of the molecule is O=C(Nc1ccc(Oc2ccccc2)cc1)c1ccc(CNC2=C(Cl)C(=O)N(Cc3ccc(Cl)cc3)C2=O)cc1. The third-order valence-corrected chi connectivity index (χ3v) is 6.74. The molecule has 0 saturated heterocycles. The molecule has 4 aromatic rings. The molecule has 0 spiro atoms. The van der Waals surface area contributed by atoms with Crippen molar-refractivity contribution in [2.75, 3.05) is 5.32 Å². The van der Waals surface area contributed by atoms with Crippen molar-refractivity contribution in [1.29, 1.82) is 0 Å². The normalized spacial score (nSPS) is 13.0. The molecule has 0 radical (unpaired) electrons. The molecule has 5 rings (SSSR count). The molecule has 0 aromatic heterocycles. The number of carbonyl (C=O) groups excluding carboxylic acids is 3. The highest BCUT2D eigenvalue weighted by atomic mass is 35.5. The van der Waals surface area contributed by atoms with E-state index in [1.165, 1.54) is 0 Å². The topological polar surface area (TPSA) is 87.7 Å². The Morgan fingerprint density at radius 2 is 1.35 bits per heavy atom. The van der Waals surface area contributed by atoms with Gasteiger partial charge in [0.05, 0.1) is 6.54 Å². The molecular weight excluding hydrogens is 549 g/mol. The summed E-state index contributed by atoms with van der Waals surface area (Å²) in [4.78, 5) is 39.2. The number of ether oxygens (including phenoxy) is 1. The number of halogens is 2. The number of hydrogen-bond acceptors (Lipinski definition) is 5. The van der Waals surface area contributed by atoms with Crippen LogP contribution in [0.25, 0.3) is 0 Å². The second-order valence-corrected chi connectivity index (χ2v) is 9.77. The van der Waals surface area contributed by atoms with Gasteiger partial charge in [-0.1, -0.05) is 65.7 Å². The largest absolute Gasteiger partial charge is 0.457 e. The zero-order valence-corrected chi connectivity index (χ0v) is 22.6. The van der Waals surface area contributed by atoms with Crippen LogP contribution in [0.1, 0.15) is 21.5 Å². The minimum absolute atomic E-state index is 0.0436. The smallest absolute Gasteiger partial charge is 0.278 e. The summed E-state index contributed by atoms with van der Waals surface area (Å²) < 4.78 is 5.77. The highest BCUT2D eigenvalue weighted by Crippen LogP contribution is 2.25. The number of nitrogens with zero attached hydrogens (tertiary/aromatic N) is 1. The minimum Gasteiger partial charge on any atom is -0.457 e. The summed E-state index contributed by atoms with van der Waals surface area (Å²) in [5.41, 5.74) is 2.69. The average molecular weight is 572 g/mol. The second kappa shape index (κ2) is 12.1. The van der Waals surface area contributed by atoms with Crippen molar-refractivity contribution in [3.63, 3.8) is 0 Å². The molecule has 0 atom stereocenters. The number of anilines is 1. The monoisotopic (exact) mass is 571 g/mol. The molecule has 3 amide bonds. The van der Waals surface area contributed by atoms with Gasteiger partial charge in [0, 0.05) is 22.8 Å². The molecule has 1 aliphatic heterocycles. The van der Waals surface area contributed by atoms with Gasteiger partial charge in [-0.05, 0) is 71.8 Å². The first kappa shape index (κ1) is 27.0. The van der Waals surface area contributed by atoms with Crippen molar-refractivity contribution in [3.8, 4) is 11.5 Å². The predicted molar refractivity (Wildman–Crippen MR) is 154 cm³/mol. The Kier molecular flexibility index (Phi) is 8.15. The minimum atomic E-state index is -0.559. The van der Waals surface area contributed by atoms with Crippen LogP contribution in [0.2, 0.25) is 5.02 Å². The van der Waals surface area contributed by atoms with Gasteiger partial charge in [-0.3, -0.25) is 19.3 Å². The number of imide groups is 1. The predicted octanol–water partition coefficient (Wildman–Crippen LogP) is 6.49. The number of benzene rings is 4. The maximum absolute atomic E-state index is 12.9. The van der Waals surface area contributed by atoms with Crippen molar-refractivity contribution >= 4 is 46.6 Å². The van der Waals surface area contributed by atoms with Gasteiger partial charge in [0.25, 0.3) is 17.7 Å². The van der Waals surface area contributed by atoms with Gasteiger partial charge < -0.3 is 15.4 Å². The summed E-state index contributed by atoms with van der Waals surface area (Å²) in [6.45, 7) is 0.326. The fourth-order valence-electron chi connectivity index (χ4n) is 4.01. The average Bonchev–Trinajstić information content (AvgIpc) is 3.17. The third-order valence-electron chi connectivity index (χ3n) is 6.14. The number of carbonyl (C=O) groups is 3. The van der Waals surface area contributed by atoms with Gasteiger partial charge >= 0.3 is 0 Å². The molecule has 0 bridgehead atoms. The van der Waals surface area contributed by atoms with Gasteiger partial charge in [-0.15, -0.1) is 0 Å². The number of rotatable bonds is 9. The quantitative estimate of drug-likeness (QED) is 0.224. The highest BCUT2D eigenvalue weighted by molar-refractivity contribution is 6.47. The van der Waals surface area contributed by atoms with E-state index in [0.717, 1.165) is 21.8 Å². The molecule has 200 valence electrons. The molecule has 1 aliphatic rings. The van der Waals surface area contributed by atoms with E-state index < -0.39 is 11.8 Å². The maximum atomic E-state index is 12.9. The van der Waals surface area contributed by atoms with Crippen molar-refractivity contribution in [2.45, 2.75) is 13.1 Å². The molecule has 4 aromatic carbocycles. The molecule has 2 N–H and O–H groups in total. The fourth-order valence-corrected chi connectivity index (χ4v) is 4.39. The van der Waals surface area contributed by atoms with Gasteiger partial charge in [0.2, 0.25) is 0 Å². The van der Waals surface area contributed by atoms with Crippen LogP contribution >= 0.6 is 23.2 Å². The number of amides is 3. The van der Waals surface area contributed by atoms with E-state index in [1.54, 1.807) is 72.8 Å². The van der Waals surface area contributed by atoms with E-state index in [4.69, 9.17) is 27.9 Å². The molecule has 9 heteroatoms. The van der Waals surface area contributed by atoms with Crippen LogP contribution in [0.3, 0.4) is 0 Å². The first-order valence-corrected chi connectivity index (χ1v) is 13.1. The Balaban J connectivity index is 1.15. The summed E-state index contributed by atoms with van der Waals surface area (Å²) in [7, 11) is 0. The Bertz CT molecular complexity index is 1570. The standard InChI is InChI=1S/C31H23Cl2N3O4/c32-23-12-8-21(9-13-23)19-36-30(38)27(33)28(31(36)39)34-18-20-6-10-22(11-7-20)29(37)35-24-14-16-26(17-15-24)40-25-4-2-1-3-5-25/h1-17,34H,18-19H2,(H,35,37). The molecule has 0 aliphatic carbocycles. The zero-order valence-electron chi connectivity index (χ0n) is 21.1. The van der Waals surface area contributed by atoms with Crippen molar-refractivity contribution in [1.82, 2.24) is 10.2 Å². The van der Waals surface area contributed by atoms with Crippen LogP contribution < -0.4 is 15.4 Å². The van der Waals surface area contributed by atoms with Gasteiger partial charge in [0.15, 0.2) is 0 Å². The van der Waals surface area contributed by atoms with E-state index in [0.29, 0.717) is 22.0 Å². The summed E-state index contributed by atoms with van der Waals surface area (Å²) in [5, 5.41) is 6.23. The fraction of sp³-hybridized carbons (Fsp3) is 0.0645. The summed E-state index contributed by atoms with van der Waals surface area (Å²) >= 11 is 12.1. The summed E-state index contributed by atoms with van der Waals surface area (Å²) in [6, 6.07) is 30.3. The first-order chi connectivity index (χ1) is 19.4. The number of hydrogen-bond donors (Lipinski definition) is 2. The third kappa shape index (κ3) is 6.34. The van der Waals surface area contributed by atoms with Crippen molar-refractivity contribution in [3.05, 3.63) is 136 Å². The Morgan fingerprint density at radius 1 is 0.725 bits per heavy atom. The Labute approximate surface area is 241 Å². The van der Waals surface area contributed by atoms with E-state index in [-0.39, 0.29) is 29.7 Å². The van der Waals surface area contributed by atoms with Crippen molar-refractivity contribution in [2.24, 2.45) is 0 Å². The Morgan fingerprint density at radius 3 is 2.02 bits per heavy atom. The molecule has 0 saturated carbocycles. The summed E-state index contributed by atoms with van der Waals surface area (Å²) in [5.74, 6) is 0.0618.